The molecule has 0 rings (SSSR count). The molecule has 0 fully saturated rings. The van der Waals surface area contributed by atoms with Crippen LogP contribution in [0.15, 0.2) is 0 Å². The van der Waals surface area contributed by atoms with E-state index in [1.165, 1.54) is 11.8 Å². The summed E-state index contributed by atoms with van der Waals surface area (Å²) in [7, 11) is 0. The highest BCUT2D eigenvalue weighted by Crippen LogP contribution is 2.06. The van der Waals surface area contributed by atoms with E-state index in [0.29, 0.717) is 5.75 Å². The molecule has 0 saturated carbocycles. The molecular weight excluding hydrogens is 360 g/mol. The van der Waals surface area contributed by atoms with Crippen molar-refractivity contribution in [3.05, 3.63) is 0 Å². The Morgan fingerprint density at radius 2 is 1.54 bits per heavy atom. The van der Waals surface area contributed by atoms with Gasteiger partial charge in [0.2, 0.25) is 11.8 Å². The second-order valence-corrected chi connectivity index (χ2v) is 5.70. The zero-order chi connectivity index (χ0) is 21.0. The predicted molar refractivity (Wildman–Crippen MR) is 104 cm³/mol. The summed E-state index contributed by atoms with van der Waals surface area (Å²) in [6.07, 6.45) is 0.995. The Labute approximate surface area is 160 Å². The lowest BCUT2D eigenvalue weighted by molar-refractivity contribution is -0.138. The van der Waals surface area contributed by atoms with Crippen LogP contribution in [0.5, 0.6) is 0 Å². The Bertz CT molecular complexity index is 405. The quantitative estimate of drug-likeness (QED) is 0.373. The highest BCUT2D eigenvalue weighted by atomic mass is 32.2. The summed E-state index contributed by atoms with van der Waals surface area (Å²) in [5, 5.41) is 21.8. The normalized spacial score (nSPS) is 10.2. The van der Waals surface area contributed by atoms with Gasteiger partial charge >= 0.3 is 11.9 Å². The molecule has 0 bridgehead atoms. The minimum atomic E-state index is -1.17. The Hall–Kier alpha value is -1.77. The molecule has 9 heteroatoms. The molecule has 0 spiro atoms. The number of aliphatic carboxylic acids is 2. The van der Waals surface area contributed by atoms with Gasteiger partial charge in [-0.25, -0.2) is 0 Å². The first-order valence-corrected chi connectivity index (χ1v) is 10.1. The lowest BCUT2D eigenvalue weighted by Gasteiger charge is -2.17. The van der Waals surface area contributed by atoms with Crippen molar-refractivity contribution in [2.45, 2.75) is 66.3 Å². The molecule has 0 aliphatic heterocycles. The smallest absolute Gasteiger partial charge is 0.322 e. The van der Waals surface area contributed by atoms with E-state index in [4.69, 9.17) is 10.2 Å². The minimum absolute atomic E-state index is 0.00740. The maximum absolute atomic E-state index is 11.9. The molecule has 1 unspecified atom stereocenters. The van der Waals surface area contributed by atoms with Crippen molar-refractivity contribution < 1.29 is 29.4 Å². The van der Waals surface area contributed by atoms with Gasteiger partial charge in [-0.1, -0.05) is 34.6 Å². The van der Waals surface area contributed by atoms with Gasteiger partial charge in [0.25, 0.3) is 0 Å². The van der Waals surface area contributed by atoms with E-state index in [2.05, 4.69) is 10.6 Å². The third-order valence-corrected chi connectivity index (χ3v) is 3.76. The summed E-state index contributed by atoms with van der Waals surface area (Å²) >= 11 is 1.48. The van der Waals surface area contributed by atoms with Crippen molar-refractivity contribution in [3.8, 4) is 0 Å². The summed E-state index contributed by atoms with van der Waals surface area (Å²) in [5.74, 6) is -1.98. The molecule has 4 N–H and O–H groups in total. The Kier molecular flexibility index (Phi) is 23.7. The zero-order valence-electron chi connectivity index (χ0n) is 16.5. The van der Waals surface area contributed by atoms with Crippen molar-refractivity contribution >= 4 is 35.5 Å². The number of carbonyl (C=O) groups is 4. The van der Waals surface area contributed by atoms with Crippen LogP contribution in [0.2, 0.25) is 0 Å². The second kappa shape index (κ2) is 21.3. The number of carboxylic acid groups (broad SMARTS) is 2. The summed E-state index contributed by atoms with van der Waals surface area (Å²) in [6.45, 7) is 9.47. The molecule has 154 valence electrons. The summed E-state index contributed by atoms with van der Waals surface area (Å²) < 4.78 is 0. The third kappa shape index (κ3) is 20.3. The lowest BCUT2D eigenvalue weighted by atomic mass is 10.2. The van der Waals surface area contributed by atoms with Crippen molar-refractivity contribution in [2.75, 3.05) is 18.1 Å². The average molecular weight is 395 g/mol. The van der Waals surface area contributed by atoms with Gasteiger partial charge in [-0.05, 0) is 18.6 Å². The van der Waals surface area contributed by atoms with Crippen LogP contribution >= 0.6 is 11.8 Å². The molecule has 0 saturated heterocycles. The fourth-order valence-electron chi connectivity index (χ4n) is 1.48. The Balaban J connectivity index is -0.00000123. The van der Waals surface area contributed by atoms with Gasteiger partial charge in [0.05, 0.1) is 0 Å². The van der Waals surface area contributed by atoms with Crippen LogP contribution < -0.4 is 10.6 Å². The lowest BCUT2D eigenvalue weighted by Crippen LogP contribution is -2.49. The molecule has 1 atom stereocenters. The average Bonchev–Trinajstić information content (AvgIpc) is 2.62. The number of carbonyl (C=O) groups excluding carboxylic acids is 2. The highest BCUT2D eigenvalue weighted by Gasteiger charge is 2.21. The summed E-state index contributed by atoms with van der Waals surface area (Å²) in [4.78, 5) is 44.4. The molecule has 8 nitrogen and oxygen atoms in total. The third-order valence-electron chi connectivity index (χ3n) is 2.49. The molecule has 0 aliphatic rings. The van der Waals surface area contributed by atoms with Crippen molar-refractivity contribution in [2.24, 2.45) is 0 Å². The first kappa shape index (κ1) is 29.0. The summed E-state index contributed by atoms with van der Waals surface area (Å²) in [5.41, 5.74) is 0. The van der Waals surface area contributed by atoms with Crippen LogP contribution in [0.1, 0.15) is 60.3 Å². The molecule has 2 amide bonds. The van der Waals surface area contributed by atoms with Crippen LogP contribution in [0, 0.1) is 0 Å². The Morgan fingerprint density at radius 3 is 2.00 bits per heavy atom. The largest absolute Gasteiger partial charge is 0.481 e. The zero-order valence-corrected chi connectivity index (χ0v) is 17.3. The molecule has 26 heavy (non-hydrogen) atoms. The van der Waals surface area contributed by atoms with Crippen molar-refractivity contribution in [3.63, 3.8) is 0 Å². The molecule has 0 heterocycles. The van der Waals surface area contributed by atoms with Crippen LogP contribution in [0.3, 0.4) is 0 Å². The van der Waals surface area contributed by atoms with Gasteiger partial charge in [-0.15, -0.1) is 0 Å². The van der Waals surface area contributed by atoms with Gasteiger partial charge in [0, 0.05) is 18.6 Å². The number of hydrogen-bond acceptors (Lipinski definition) is 5. The van der Waals surface area contributed by atoms with Crippen molar-refractivity contribution in [1.82, 2.24) is 10.6 Å². The highest BCUT2D eigenvalue weighted by molar-refractivity contribution is 7.99. The molecule has 0 aromatic carbocycles. The number of carboxylic acids is 2. The maximum Gasteiger partial charge on any atom is 0.322 e. The van der Waals surface area contributed by atoms with E-state index in [-0.39, 0.29) is 19.3 Å². The fraction of sp³-hybridized carbons (Fsp3) is 0.765. The van der Waals surface area contributed by atoms with E-state index in [1.807, 2.05) is 34.6 Å². The van der Waals surface area contributed by atoms with E-state index in [9.17, 15) is 19.2 Å². The molecule has 0 aromatic rings. The molecule has 0 aromatic heterocycles. The minimum Gasteiger partial charge on any atom is -0.481 e. The maximum atomic E-state index is 11.9. The SMILES string of the molecule is CC.CC.CCCSCC(NC(=O)CCCC(=O)O)C(=O)NCC(=O)O. The van der Waals surface area contributed by atoms with Crippen LogP contribution in [0.25, 0.3) is 0 Å². The monoisotopic (exact) mass is 394 g/mol. The molecule has 0 aliphatic carbocycles. The number of amides is 2. The molecular formula is C17H34N2O6S. The van der Waals surface area contributed by atoms with Gasteiger partial charge < -0.3 is 20.8 Å². The number of hydrogen-bond donors (Lipinski definition) is 4. The predicted octanol–water partition coefficient (Wildman–Crippen LogP) is 2.12. The van der Waals surface area contributed by atoms with Crippen LogP contribution in [-0.4, -0.2) is 58.1 Å². The van der Waals surface area contributed by atoms with E-state index in [0.717, 1.165) is 12.2 Å². The van der Waals surface area contributed by atoms with Crippen LogP contribution in [-0.2, 0) is 19.2 Å². The van der Waals surface area contributed by atoms with E-state index in [1.54, 1.807) is 0 Å². The fourth-order valence-corrected chi connectivity index (χ4v) is 2.41. The first-order chi connectivity index (χ1) is 12.4. The van der Waals surface area contributed by atoms with Gasteiger partial charge in [0.1, 0.15) is 12.6 Å². The number of rotatable bonds is 12. The van der Waals surface area contributed by atoms with Gasteiger partial charge in [-0.3, -0.25) is 19.2 Å². The number of thioether (sulfide) groups is 1. The van der Waals surface area contributed by atoms with E-state index >= 15 is 0 Å². The first-order valence-electron chi connectivity index (χ1n) is 8.95. The standard InChI is InChI=1S/C13H22N2O6S.2C2H6/c1-2-6-22-8-9(13(21)14-7-12(19)20)15-10(16)4-3-5-11(17)18;2*1-2/h9H,2-8H2,1H3,(H,14,21)(H,15,16)(H,17,18)(H,19,20);2*1-2H3. The molecule has 0 radical (unpaired) electrons. The van der Waals surface area contributed by atoms with E-state index < -0.39 is 36.3 Å². The number of nitrogens with one attached hydrogen (secondary N) is 2. The van der Waals surface area contributed by atoms with Gasteiger partial charge in [-0.2, -0.15) is 11.8 Å². The van der Waals surface area contributed by atoms with Crippen LogP contribution in [0.4, 0.5) is 0 Å². The Morgan fingerprint density at radius 1 is 0.962 bits per heavy atom. The second-order valence-electron chi connectivity index (χ2n) is 4.55. The van der Waals surface area contributed by atoms with Crippen molar-refractivity contribution in [1.29, 1.82) is 0 Å². The van der Waals surface area contributed by atoms with Gasteiger partial charge in [0.15, 0.2) is 0 Å². The topological polar surface area (TPSA) is 133 Å². The summed E-state index contributed by atoms with van der Waals surface area (Å²) in [6, 6.07) is -0.826.